The molecule has 2 fully saturated rings. The fraction of sp³-hybridized carbons (Fsp3) is 0.538. The van der Waals surface area contributed by atoms with Crippen molar-refractivity contribution in [2.75, 3.05) is 6.61 Å². The van der Waals surface area contributed by atoms with Crippen molar-refractivity contribution in [3.63, 3.8) is 0 Å². The van der Waals surface area contributed by atoms with E-state index in [4.69, 9.17) is 4.74 Å². The Morgan fingerprint density at radius 1 is 1.10 bits per heavy atom. The topological polar surface area (TPSA) is 49.7 Å². The van der Waals surface area contributed by atoms with Gasteiger partial charge in [0.05, 0.1) is 6.10 Å². The standard InChI is InChI=1S/C26H32O3/c1-26-12-11-22-21-10-8-20(29-16-17-5-3-2-4-6-17)13-18(21)7-9-23(22)24(26)14-19(15-27)25(26)28/h2-6,8,10,13,19,22-25,27-28H,7,9,11-12,14-16H2,1H3/t19-,22-,23-,24+,25+,26+/m1/s1. The van der Waals surface area contributed by atoms with Crippen LogP contribution in [0.1, 0.15) is 55.2 Å². The van der Waals surface area contributed by atoms with Gasteiger partial charge in [0.2, 0.25) is 0 Å². The minimum absolute atomic E-state index is 0.0230. The molecule has 0 bridgehead atoms. The molecule has 154 valence electrons. The highest BCUT2D eigenvalue weighted by Crippen LogP contribution is 2.62. The molecule has 0 aromatic heterocycles. The van der Waals surface area contributed by atoms with E-state index in [0.29, 0.717) is 24.4 Å². The summed E-state index contributed by atoms with van der Waals surface area (Å²) in [7, 11) is 0. The van der Waals surface area contributed by atoms with Gasteiger partial charge < -0.3 is 14.9 Å². The lowest BCUT2D eigenvalue weighted by molar-refractivity contribution is -0.0379. The molecule has 0 unspecified atom stereocenters. The van der Waals surface area contributed by atoms with E-state index in [1.807, 2.05) is 18.2 Å². The molecule has 5 rings (SSSR count). The van der Waals surface area contributed by atoms with Crippen molar-refractivity contribution in [1.82, 2.24) is 0 Å². The molecule has 0 heterocycles. The van der Waals surface area contributed by atoms with Gasteiger partial charge in [-0.25, -0.2) is 0 Å². The summed E-state index contributed by atoms with van der Waals surface area (Å²) in [6.45, 7) is 2.99. The summed E-state index contributed by atoms with van der Waals surface area (Å²) in [5.41, 5.74) is 4.11. The first-order valence-electron chi connectivity index (χ1n) is 11.2. The molecule has 0 amide bonds. The molecule has 0 radical (unpaired) electrons. The van der Waals surface area contributed by atoms with E-state index < -0.39 is 0 Å². The van der Waals surface area contributed by atoms with E-state index in [0.717, 1.165) is 31.4 Å². The molecule has 3 aliphatic rings. The lowest BCUT2D eigenvalue weighted by atomic mass is 9.55. The van der Waals surface area contributed by atoms with Crippen LogP contribution in [0.2, 0.25) is 0 Å². The lowest BCUT2D eigenvalue weighted by Gasteiger charge is -2.50. The second kappa shape index (κ2) is 7.45. The highest BCUT2D eigenvalue weighted by Gasteiger charge is 2.57. The summed E-state index contributed by atoms with van der Waals surface area (Å²) in [6, 6.07) is 17.0. The van der Waals surface area contributed by atoms with Crippen LogP contribution in [0.4, 0.5) is 0 Å². The van der Waals surface area contributed by atoms with Gasteiger partial charge in [0.25, 0.3) is 0 Å². The van der Waals surface area contributed by atoms with Crippen molar-refractivity contribution >= 4 is 0 Å². The minimum Gasteiger partial charge on any atom is -0.489 e. The number of benzene rings is 2. The predicted molar refractivity (Wildman–Crippen MR) is 114 cm³/mol. The Kier molecular flexibility index (Phi) is 4.92. The summed E-state index contributed by atoms with van der Waals surface area (Å²) in [5.74, 6) is 2.76. The van der Waals surface area contributed by atoms with Crippen LogP contribution in [0.3, 0.4) is 0 Å². The summed E-state index contributed by atoms with van der Waals surface area (Å²) in [4.78, 5) is 0. The Morgan fingerprint density at radius 2 is 1.93 bits per heavy atom. The number of fused-ring (bicyclic) bond motifs is 5. The van der Waals surface area contributed by atoms with Gasteiger partial charge in [0.15, 0.2) is 0 Å². The predicted octanol–water partition coefficient (Wildman–Crippen LogP) is 4.70. The SMILES string of the molecule is C[C@]12CC[C@@H]3c4ccc(OCc5ccccc5)cc4CC[C@H]3[C@@H]1C[C@H](CO)[C@@H]2O. The maximum atomic E-state index is 10.8. The lowest BCUT2D eigenvalue weighted by Crippen LogP contribution is -2.44. The molecule has 2 saturated carbocycles. The number of aliphatic hydroxyl groups is 2. The third kappa shape index (κ3) is 3.19. The van der Waals surface area contributed by atoms with Crippen molar-refractivity contribution < 1.29 is 14.9 Å². The summed E-state index contributed by atoms with van der Waals surface area (Å²) < 4.78 is 6.06. The van der Waals surface area contributed by atoms with Gasteiger partial charge in [-0.05, 0) is 84.1 Å². The molecule has 0 aliphatic heterocycles. The number of hydrogen-bond donors (Lipinski definition) is 2. The van der Waals surface area contributed by atoms with E-state index in [1.54, 1.807) is 0 Å². The maximum absolute atomic E-state index is 10.8. The fourth-order valence-corrected chi connectivity index (χ4v) is 6.72. The van der Waals surface area contributed by atoms with Crippen molar-refractivity contribution in [1.29, 1.82) is 0 Å². The third-order valence-corrected chi connectivity index (χ3v) is 8.30. The highest BCUT2D eigenvalue weighted by molar-refractivity contribution is 5.41. The number of rotatable bonds is 4. The Labute approximate surface area is 173 Å². The molecule has 3 nitrogen and oxygen atoms in total. The third-order valence-electron chi connectivity index (χ3n) is 8.30. The Bertz CT molecular complexity index is 864. The van der Waals surface area contributed by atoms with Crippen LogP contribution in [0, 0.1) is 23.2 Å². The van der Waals surface area contributed by atoms with E-state index in [2.05, 4.69) is 37.3 Å². The number of ether oxygens (including phenoxy) is 1. The van der Waals surface area contributed by atoms with Gasteiger partial charge in [-0.3, -0.25) is 0 Å². The smallest absolute Gasteiger partial charge is 0.120 e. The van der Waals surface area contributed by atoms with Crippen LogP contribution >= 0.6 is 0 Å². The largest absolute Gasteiger partial charge is 0.489 e. The van der Waals surface area contributed by atoms with Crippen molar-refractivity contribution in [3.8, 4) is 5.75 Å². The van der Waals surface area contributed by atoms with Crippen LogP contribution < -0.4 is 4.74 Å². The molecule has 0 spiro atoms. The van der Waals surface area contributed by atoms with Crippen molar-refractivity contribution in [3.05, 3.63) is 65.2 Å². The molecular weight excluding hydrogens is 360 g/mol. The Balaban J connectivity index is 1.34. The van der Waals surface area contributed by atoms with Crippen LogP contribution in [0.25, 0.3) is 0 Å². The normalized spacial score (nSPS) is 35.5. The van der Waals surface area contributed by atoms with Crippen LogP contribution in [0.5, 0.6) is 5.75 Å². The van der Waals surface area contributed by atoms with Gasteiger partial charge in [-0.2, -0.15) is 0 Å². The second-order valence-corrected chi connectivity index (χ2v) is 9.72. The van der Waals surface area contributed by atoms with Crippen LogP contribution in [0.15, 0.2) is 48.5 Å². The molecule has 3 aliphatic carbocycles. The summed E-state index contributed by atoms with van der Waals surface area (Å²) >= 11 is 0. The fourth-order valence-electron chi connectivity index (χ4n) is 6.72. The average Bonchev–Trinajstić information content (AvgIpc) is 3.03. The molecule has 3 heteroatoms. The van der Waals surface area contributed by atoms with E-state index in [-0.39, 0.29) is 24.0 Å². The molecule has 2 aromatic rings. The van der Waals surface area contributed by atoms with Crippen molar-refractivity contribution in [2.45, 2.75) is 57.7 Å². The van der Waals surface area contributed by atoms with E-state index in [1.165, 1.54) is 23.1 Å². The first-order chi connectivity index (χ1) is 14.1. The summed E-state index contributed by atoms with van der Waals surface area (Å²) in [5, 5.41) is 20.6. The monoisotopic (exact) mass is 392 g/mol. The van der Waals surface area contributed by atoms with Gasteiger partial charge in [-0.15, -0.1) is 0 Å². The highest BCUT2D eigenvalue weighted by atomic mass is 16.5. The molecule has 2 aromatic carbocycles. The van der Waals surface area contributed by atoms with Gasteiger partial charge >= 0.3 is 0 Å². The van der Waals surface area contributed by atoms with Gasteiger partial charge in [-0.1, -0.05) is 43.3 Å². The van der Waals surface area contributed by atoms with Gasteiger partial charge in [0, 0.05) is 12.5 Å². The molecular formula is C26H32O3. The number of aliphatic hydroxyl groups excluding tert-OH is 2. The van der Waals surface area contributed by atoms with Gasteiger partial charge in [0.1, 0.15) is 12.4 Å². The van der Waals surface area contributed by atoms with E-state index >= 15 is 0 Å². The zero-order valence-electron chi connectivity index (χ0n) is 17.3. The zero-order valence-corrected chi connectivity index (χ0v) is 17.3. The molecule has 6 atom stereocenters. The first kappa shape index (κ1) is 19.1. The summed E-state index contributed by atoms with van der Waals surface area (Å²) in [6.07, 6.45) is 5.10. The number of hydrogen-bond acceptors (Lipinski definition) is 3. The molecule has 29 heavy (non-hydrogen) atoms. The second-order valence-electron chi connectivity index (χ2n) is 9.72. The number of aryl methyl sites for hydroxylation is 1. The molecule has 0 saturated heterocycles. The average molecular weight is 393 g/mol. The van der Waals surface area contributed by atoms with Crippen LogP contribution in [-0.2, 0) is 13.0 Å². The zero-order chi connectivity index (χ0) is 20.0. The van der Waals surface area contributed by atoms with Crippen molar-refractivity contribution in [2.24, 2.45) is 23.2 Å². The maximum Gasteiger partial charge on any atom is 0.120 e. The quantitative estimate of drug-likeness (QED) is 0.793. The molecule has 2 N–H and O–H groups in total. The Morgan fingerprint density at radius 3 is 2.72 bits per heavy atom. The first-order valence-corrected chi connectivity index (χ1v) is 11.2. The Hall–Kier alpha value is -1.84. The van der Waals surface area contributed by atoms with Crippen LogP contribution in [-0.4, -0.2) is 22.9 Å². The van der Waals surface area contributed by atoms with E-state index in [9.17, 15) is 10.2 Å². The minimum atomic E-state index is -0.353.